The second-order valence-corrected chi connectivity index (χ2v) is 3.43. The van der Waals surface area contributed by atoms with Crippen LogP contribution >= 0.6 is 0 Å². The van der Waals surface area contributed by atoms with Crippen molar-refractivity contribution in [1.82, 2.24) is 10.3 Å². The maximum Gasteiger partial charge on any atom is 0.226 e. The van der Waals surface area contributed by atoms with Gasteiger partial charge >= 0.3 is 0 Å². The smallest absolute Gasteiger partial charge is 0.226 e. The molecule has 0 amide bonds. The molecule has 2 aromatic rings. The minimum atomic E-state index is -0.288. The second kappa shape index (κ2) is 4.90. The summed E-state index contributed by atoms with van der Waals surface area (Å²) in [6.45, 7) is 3.56. The van der Waals surface area contributed by atoms with Gasteiger partial charge in [0.25, 0.3) is 0 Å². The van der Waals surface area contributed by atoms with Crippen LogP contribution in [0.2, 0.25) is 0 Å². The van der Waals surface area contributed by atoms with Crippen molar-refractivity contribution in [3.05, 3.63) is 42.0 Å². The summed E-state index contributed by atoms with van der Waals surface area (Å²) in [5, 5.41) is 3.14. The van der Waals surface area contributed by atoms with Gasteiger partial charge in [0.1, 0.15) is 12.1 Å². The van der Waals surface area contributed by atoms with Crippen molar-refractivity contribution in [3.8, 4) is 11.5 Å². The van der Waals surface area contributed by atoms with Crippen molar-refractivity contribution in [2.24, 2.45) is 0 Å². The molecule has 0 fully saturated rings. The summed E-state index contributed by atoms with van der Waals surface area (Å²) < 4.78 is 18.3. The Balaban J connectivity index is 2.18. The first kappa shape index (κ1) is 10.8. The highest BCUT2D eigenvalue weighted by Crippen LogP contribution is 2.19. The zero-order valence-electron chi connectivity index (χ0n) is 9.03. The molecule has 0 saturated carbocycles. The third kappa shape index (κ3) is 2.46. The van der Waals surface area contributed by atoms with E-state index in [1.54, 1.807) is 18.4 Å². The van der Waals surface area contributed by atoms with Crippen molar-refractivity contribution < 1.29 is 8.81 Å². The van der Waals surface area contributed by atoms with Gasteiger partial charge in [0.2, 0.25) is 5.89 Å². The highest BCUT2D eigenvalue weighted by atomic mass is 19.1. The summed E-state index contributed by atoms with van der Waals surface area (Å²) in [6, 6.07) is 6.21. The van der Waals surface area contributed by atoms with Gasteiger partial charge < -0.3 is 9.73 Å². The van der Waals surface area contributed by atoms with Crippen molar-refractivity contribution >= 4 is 0 Å². The molecule has 0 atom stereocenters. The quantitative estimate of drug-likeness (QED) is 0.860. The molecule has 0 radical (unpaired) electrons. The Kier molecular flexibility index (Phi) is 3.31. The lowest BCUT2D eigenvalue weighted by atomic mass is 10.2. The number of rotatable bonds is 4. The van der Waals surface area contributed by atoms with Crippen molar-refractivity contribution in [2.45, 2.75) is 13.5 Å². The lowest BCUT2D eigenvalue weighted by molar-refractivity contribution is 0.569. The van der Waals surface area contributed by atoms with E-state index in [0.29, 0.717) is 18.0 Å². The fourth-order valence-corrected chi connectivity index (χ4v) is 1.40. The van der Waals surface area contributed by atoms with Crippen LogP contribution < -0.4 is 5.32 Å². The van der Waals surface area contributed by atoms with E-state index in [1.165, 1.54) is 12.1 Å². The number of nitrogens with zero attached hydrogens (tertiary/aromatic N) is 1. The van der Waals surface area contributed by atoms with Crippen LogP contribution in [0.15, 0.2) is 34.9 Å². The van der Waals surface area contributed by atoms with Gasteiger partial charge in [0, 0.05) is 12.1 Å². The molecule has 1 aromatic carbocycles. The highest BCUT2D eigenvalue weighted by Gasteiger charge is 2.06. The van der Waals surface area contributed by atoms with Gasteiger partial charge in [0.05, 0.1) is 5.69 Å². The van der Waals surface area contributed by atoms with Crippen LogP contribution in [0.4, 0.5) is 4.39 Å². The molecule has 0 aliphatic rings. The van der Waals surface area contributed by atoms with Crippen LogP contribution in [0.1, 0.15) is 12.6 Å². The fourth-order valence-electron chi connectivity index (χ4n) is 1.40. The first-order chi connectivity index (χ1) is 7.79. The van der Waals surface area contributed by atoms with E-state index in [1.807, 2.05) is 6.92 Å². The summed E-state index contributed by atoms with van der Waals surface area (Å²) in [6.07, 6.45) is 1.59. The number of benzene rings is 1. The van der Waals surface area contributed by atoms with E-state index in [4.69, 9.17) is 4.42 Å². The molecule has 0 spiro atoms. The Bertz CT molecular complexity index is 468. The normalized spacial score (nSPS) is 10.6. The van der Waals surface area contributed by atoms with Crippen LogP contribution in [0.25, 0.3) is 11.5 Å². The van der Waals surface area contributed by atoms with Gasteiger partial charge in [-0.25, -0.2) is 9.37 Å². The topological polar surface area (TPSA) is 38.1 Å². The zero-order chi connectivity index (χ0) is 11.4. The average molecular weight is 220 g/mol. The molecule has 3 nitrogen and oxygen atoms in total. The second-order valence-electron chi connectivity index (χ2n) is 3.43. The molecular formula is C12H13FN2O. The predicted octanol–water partition coefficient (Wildman–Crippen LogP) is 2.59. The van der Waals surface area contributed by atoms with E-state index in [0.717, 1.165) is 12.2 Å². The summed E-state index contributed by atoms with van der Waals surface area (Å²) in [5.74, 6) is 0.163. The first-order valence-electron chi connectivity index (χ1n) is 5.20. The van der Waals surface area contributed by atoms with Crippen molar-refractivity contribution in [3.63, 3.8) is 0 Å². The number of nitrogens with one attached hydrogen (secondary N) is 1. The molecule has 2 rings (SSSR count). The fraction of sp³-hybridized carbons (Fsp3) is 0.250. The van der Waals surface area contributed by atoms with Crippen LogP contribution in [-0.4, -0.2) is 11.5 Å². The average Bonchev–Trinajstić information content (AvgIpc) is 2.75. The lowest BCUT2D eigenvalue weighted by Crippen LogP contribution is -2.11. The number of halogens is 1. The summed E-state index contributed by atoms with van der Waals surface area (Å²) in [5.41, 5.74) is 1.48. The number of aromatic nitrogens is 1. The number of oxazole rings is 1. The number of hydrogen-bond acceptors (Lipinski definition) is 3. The molecule has 1 aromatic heterocycles. The van der Waals surface area contributed by atoms with E-state index >= 15 is 0 Å². The van der Waals surface area contributed by atoms with Crippen molar-refractivity contribution in [2.75, 3.05) is 6.54 Å². The molecule has 16 heavy (non-hydrogen) atoms. The molecule has 0 aliphatic heterocycles. The minimum absolute atomic E-state index is 0.288. The molecule has 84 valence electrons. The molecule has 0 aliphatic carbocycles. The summed E-state index contributed by atoms with van der Waals surface area (Å²) in [7, 11) is 0. The predicted molar refractivity (Wildman–Crippen MR) is 59.3 cm³/mol. The summed E-state index contributed by atoms with van der Waals surface area (Å²) >= 11 is 0. The molecule has 1 N–H and O–H groups in total. The third-order valence-corrected chi connectivity index (χ3v) is 2.18. The van der Waals surface area contributed by atoms with Crippen LogP contribution in [0.3, 0.4) is 0 Å². The van der Waals surface area contributed by atoms with Crippen molar-refractivity contribution in [1.29, 1.82) is 0 Å². The Morgan fingerprint density at radius 1 is 1.44 bits per heavy atom. The zero-order valence-corrected chi connectivity index (χ0v) is 9.03. The van der Waals surface area contributed by atoms with Gasteiger partial charge in [0.15, 0.2) is 0 Å². The standard InChI is InChI=1S/C12H13FN2O/c1-2-14-7-11-8-16-12(15-11)9-4-3-5-10(13)6-9/h3-6,8,14H,2,7H2,1H3. The summed E-state index contributed by atoms with van der Waals surface area (Å²) in [4.78, 5) is 4.26. The Morgan fingerprint density at radius 3 is 3.06 bits per heavy atom. The monoisotopic (exact) mass is 220 g/mol. The molecule has 0 bridgehead atoms. The number of hydrogen-bond donors (Lipinski definition) is 1. The lowest BCUT2D eigenvalue weighted by Gasteiger charge is -1.95. The molecule has 1 heterocycles. The minimum Gasteiger partial charge on any atom is -0.444 e. The van der Waals surface area contributed by atoms with E-state index in [2.05, 4.69) is 10.3 Å². The molecule has 0 unspecified atom stereocenters. The van der Waals surface area contributed by atoms with Gasteiger partial charge in [-0.1, -0.05) is 13.0 Å². The van der Waals surface area contributed by atoms with E-state index in [9.17, 15) is 4.39 Å². The van der Waals surface area contributed by atoms with Gasteiger partial charge in [-0.3, -0.25) is 0 Å². The van der Waals surface area contributed by atoms with Crippen LogP contribution in [-0.2, 0) is 6.54 Å². The van der Waals surface area contributed by atoms with Gasteiger partial charge in [-0.2, -0.15) is 0 Å². The highest BCUT2D eigenvalue weighted by molar-refractivity contribution is 5.52. The van der Waals surface area contributed by atoms with E-state index in [-0.39, 0.29) is 5.82 Å². The van der Waals surface area contributed by atoms with Crippen LogP contribution in [0.5, 0.6) is 0 Å². The molecular weight excluding hydrogens is 207 g/mol. The largest absolute Gasteiger partial charge is 0.444 e. The maximum atomic E-state index is 13.0. The Hall–Kier alpha value is -1.68. The third-order valence-electron chi connectivity index (χ3n) is 2.18. The SMILES string of the molecule is CCNCc1coc(-c2cccc(F)c2)n1. The Labute approximate surface area is 93.3 Å². The first-order valence-corrected chi connectivity index (χ1v) is 5.20. The maximum absolute atomic E-state index is 13.0. The molecule has 4 heteroatoms. The van der Waals surface area contributed by atoms with Gasteiger partial charge in [-0.15, -0.1) is 0 Å². The van der Waals surface area contributed by atoms with E-state index < -0.39 is 0 Å². The molecule has 0 saturated heterocycles. The van der Waals surface area contributed by atoms with Gasteiger partial charge in [-0.05, 0) is 24.7 Å². The van der Waals surface area contributed by atoms with Crippen LogP contribution in [0, 0.1) is 5.82 Å². The Morgan fingerprint density at radius 2 is 2.31 bits per heavy atom.